The number of para-hydroxylation sites is 1. The van der Waals surface area contributed by atoms with Crippen LogP contribution in [0, 0.1) is 13.8 Å². The van der Waals surface area contributed by atoms with Crippen molar-refractivity contribution in [3.05, 3.63) is 77.5 Å². The number of carbonyl (C=O) groups excluding carboxylic acids is 1. The van der Waals surface area contributed by atoms with Crippen LogP contribution in [0.25, 0.3) is 17.0 Å². The highest BCUT2D eigenvalue weighted by atomic mass is 16.1. The molecule has 1 N–H and O–H groups in total. The molecule has 1 aromatic heterocycles. The molecule has 3 nitrogen and oxygen atoms in total. The largest absolute Gasteiger partial charge is 0.322 e. The summed E-state index contributed by atoms with van der Waals surface area (Å²) in [6.07, 6.45) is 5.10. The number of carbonyl (C=O) groups is 1. The Bertz CT molecular complexity index is 892. The van der Waals surface area contributed by atoms with Gasteiger partial charge in [0, 0.05) is 28.9 Å². The Balaban J connectivity index is 1.80. The topological polar surface area (TPSA) is 42.0 Å². The maximum absolute atomic E-state index is 12.1. The number of aromatic nitrogens is 1. The van der Waals surface area contributed by atoms with E-state index in [1.54, 1.807) is 18.3 Å². The molecular weight excluding hydrogens is 284 g/mol. The van der Waals surface area contributed by atoms with E-state index in [4.69, 9.17) is 0 Å². The summed E-state index contributed by atoms with van der Waals surface area (Å²) in [6.45, 7) is 4.02. The maximum Gasteiger partial charge on any atom is 0.248 e. The van der Waals surface area contributed by atoms with Gasteiger partial charge in [-0.05, 0) is 37.6 Å². The zero-order chi connectivity index (χ0) is 16.2. The Labute approximate surface area is 135 Å². The number of benzene rings is 2. The Hall–Kier alpha value is -2.94. The summed E-state index contributed by atoms with van der Waals surface area (Å²) in [4.78, 5) is 16.5. The minimum Gasteiger partial charge on any atom is -0.322 e. The third-order valence-electron chi connectivity index (χ3n) is 3.72. The van der Waals surface area contributed by atoms with Crippen LogP contribution < -0.4 is 5.32 Å². The van der Waals surface area contributed by atoms with Gasteiger partial charge in [-0.1, -0.05) is 42.0 Å². The van der Waals surface area contributed by atoms with Crippen LogP contribution in [0.4, 0.5) is 5.69 Å². The fourth-order valence-corrected chi connectivity index (χ4v) is 2.56. The van der Waals surface area contributed by atoms with E-state index in [9.17, 15) is 4.79 Å². The van der Waals surface area contributed by atoms with Crippen molar-refractivity contribution in [1.29, 1.82) is 0 Å². The van der Waals surface area contributed by atoms with Crippen LogP contribution in [-0.4, -0.2) is 10.9 Å². The van der Waals surface area contributed by atoms with E-state index in [0.717, 1.165) is 27.7 Å². The number of aryl methyl sites for hydroxylation is 2. The molecule has 114 valence electrons. The molecule has 0 aliphatic rings. The molecule has 0 saturated carbocycles. The lowest BCUT2D eigenvalue weighted by Gasteiger charge is -2.07. The number of amides is 1. The van der Waals surface area contributed by atoms with Crippen LogP contribution in [0.15, 0.2) is 60.8 Å². The van der Waals surface area contributed by atoms with Gasteiger partial charge in [-0.2, -0.15) is 0 Å². The van der Waals surface area contributed by atoms with E-state index in [1.165, 1.54) is 5.56 Å². The van der Waals surface area contributed by atoms with E-state index in [-0.39, 0.29) is 5.91 Å². The molecule has 3 aromatic rings. The summed E-state index contributed by atoms with van der Waals surface area (Å²) in [5.41, 5.74) is 4.89. The zero-order valence-corrected chi connectivity index (χ0v) is 13.2. The normalized spacial score (nSPS) is 11.0. The Morgan fingerprint density at radius 1 is 1.09 bits per heavy atom. The molecule has 2 aromatic carbocycles. The van der Waals surface area contributed by atoms with Crippen LogP contribution in [0.5, 0.6) is 0 Å². The van der Waals surface area contributed by atoms with Crippen molar-refractivity contribution in [2.75, 3.05) is 5.32 Å². The minimum atomic E-state index is -0.148. The number of anilines is 1. The molecule has 0 fully saturated rings. The van der Waals surface area contributed by atoms with E-state index in [2.05, 4.69) is 10.3 Å². The maximum atomic E-state index is 12.1. The lowest BCUT2D eigenvalue weighted by molar-refractivity contribution is -0.111. The number of nitrogens with zero attached hydrogens (tertiary/aromatic N) is 1. The van der Waals surface area contributed by atoms with Crippen LogP contribution >= 0.6 is 0 Å². The zero-order valence-electron chi connectivity index (χ0n) is 13.2. The van der Waals surface area contributed by atoms with Crippen molar-refractivity contribution in [3.63, 3.8) is 0 Å². The first kappa shape index (κ1) is 15.0. The van der Waals surface area contributed by atoms with Gasteiger partial charge in [-0.15, -0.1) is 0 Å². The first-order valence-electron chi connectivity index (χ1n) is 7.53. The van der Waals surface area contributed by atoms with Gasteiger partial charge in [0.2, 0.25) is 5.91 Å². The van der Waals surface area contributed by atoms with E-state index in [1.807, 2.05) is 62.4 Å². The molecule has 0 bridgehead atoms. The van der Waals surface area contributed by atoms with Crippen LogP contribution in [-0.2, 0) is 4.79 Å². The summed E-state index contributed by atoms with van der Waals surface area (Å²) in [5, 5.41) is 3.97. The number of nitrogens with one attached hydrogen (secondary N) is 1. The lowest BCUT2D eigenvalue weighted by Crippen LogP contribution is -2.08. The average molecular weight is 302 g/mol. The van der Waals surface area contributed by atoms with Crippen LogP contribution in [0.2, 0.25) is 0 Å². The van der Waals surface area contributed by atoms with Gasteiger partial charge < -0.3 is 5.32 Å². The van der Waals surface area contributed by atoms with Gasteiger partial charge in [0.25, 0.3) is 0 Å². The average Bonchev–Trinajstić information content (AvgIpc) is 2.55. The molecule has 3 rings (SSSR count). The molecule has 0 radical (unpaired) electrons. The van der Waals surface area contributed by atoms with Crippen molar-refractivity contribution >= 4 is 28.6 Å². The van der Waals surface area contributed by atoms with E-state index >= 15 is 0 Å². The Kier molecular flexibility index (Phi) is 4.20. The van der Waals surface area contributed by atoms with Crippen molar-refractivity contribution in [2.45, 2.75) is 13.8 Å². The summed E-state index contributed by atoms with van der Waals surface area (Å²) >= 11 is 0. The first-order valence-corrected chi connectivity index (χ1v) is 7.53. The standard InChI is InChI=1S/C20H18N2O/c1-14-8-10-18(15(2)13-14)22-19(23)11-9-17-6-3-5-16-7-4-12-21-20(16)17/h3-13H,1-2H3,(H,22,23)/b11-9+. The lowest BCUT2D eigenvalue weighted by atomic mass is 10.1. The number of pyridine rings is 1. The van der Waals surface area contributed by atoms with Crippen LogP contribution in [0.3, 0.4) is 0 Å². The second-order valence-corrected chi connectivity index (χ2v) is 5.56. The molecule has 0 unspecified atom stereocenters. The molecule has 1 heterocycles. The quantitative estimate of drug-likeness (QED) is 0.724. The molecule has 0 aliphatic heterocycles. The molecule has 23 heavy (non-hydrogen) atoms. The predicted molar refractivity (Wildman–Crippen MR) is 95.3 cm³/mol. The third-order valence-corrected chi connectivity index (χ3v) is 3.72. The highest BCUT2D eigenvalue weighted by Gasteiger charge is 2.03. The van der Waals surface area contributed by atoms with Gasteiger partial charge in [0.1, 0.15) is 0 Å². The molecule has 0 aliphatic carbocycles. The van der Waals surface area contributed by atoms with E-state index < -0.39 is 0 Å². The Morgan fingerprint density at radius 3 is 2.74 bits per heavy atom. The Morgan fingerprint density at radius 2 is 1.91 bits per heavy atom. The van der Waals surface area contributed by atoms with Crippen molar-refractivity contribution in [2.24, 2.45) is 0 Å². The van der Waals surface area contributed by atoms with Gasteiger partial charge in [-0.3, -0.25) is 9.78 Å². The van der Waals surface area contributed by atoms with Gasteiger partial charge in [0.15, 0.2) is 0 Å². The van der Waals surface area contributed by atoms with E-state index in [0.29, 0.717) is 0 Å². The van der Waals surface area contributed by atoms with Crippen molar-refractivity contribution in [3.8, 4) is 0 Å². The third kappa shape index (κ3) is 3.46. The predicted octanol–water partition coefficient (Wildman–Crippen LogP) is 4.50. The highest BCUT2D eigenvalue weighted by Crippen LogP contribution is 2.18. The molecule has 0 saturated heterocycles. The molecule has 0 spiro atoms. The fourth-order valence-electron chi connectivity index (χ4n) is 2.56. The van der Waals surface area contributed by atoms with Gasteiger partial charge in [0.05, 0.1) is 5.52 Å². The van der Waals surface area contributed by atoms with Crippen LogP contribution in [0.1, 0.15) is 16.7 Å². The monoisotopic (exact) mass is 302 g/mol. The summed E-state index contributed by atoms with van der Waals surface area (Å²) in [6, 6.07) is 15.8. The minimum absolute atomic E-state index is 0.148. The SMILES string of the molecule is Cc1ccc(NC(=O)/C=C/c2cccc3cccnc23)c(C)c1. The number of rotatable bonds is 3. The van der Waals surface area contributed by atoms with Gasteiger partial charge in [-0.25, -0.2) is 0 Å². The second kappa shape index (κ2) is 6.44. The summed E-state index contributed by atoms with van der Waals surface area (Å²) < 4.78 is 0. The highest BCUT2D eigenvalue weighted by molar-refractivity contribution is 6.03. The van der Waals surface area contributed by atoms with Gasteiger partial charge >= 0.3 is 0 Å². The van der Waals surface area contributed by atoms with Crippen molar-refractivity contribution < 1.29 is 4.79 Å². The summed E-state index contributed by atoms with van der Waals surface area (Å²) in [7, 11) is 0. The smallest absolute Gasteiger partial charge is 0.248 e. The number of hydrogen-bond acceptors (Lipinski definition) is 2. The first-order chi connectivity index (χ1) is 11.1. The fraction of sp³-hybridized carbons (Fsp3) is 0.100. The molecule has 3 heteroatoms. The number of fused-ring (bicyclic) bond motifs is 1. The van der Waals surface area contributed by atoms with Crippen molar-refractivity contribution in [1.82, 2.24) is 4.98 Å². The number of hydrogen-bond donors (Lipinski definition) is 1. The molecular formula is C20H18N2O. The second-order valence-electron chi connectivity index (χ2n) is 5.56. The summed E-state index contributed by atoms with van der Waals surface area (Å²) in [5.74, 6) is -0.148. The molecule has 0 atom stereocenters. The molecule has 1 amide bonds.